The fourth-order valence-corrected chi connectivity index (χ4v) is 3.06. The van der Waals surface area contributed by atoms with Crippen molar-refractivity contribution < 1.29 is 23.4 Å². The van der Waals surface area contributed by atoms with Crippen molar-refractivity contribution in [2.75, 3.05) is 13.7 Å². The number of para-hydroxylation sites is 1. The third kappa shape index (κ3) is 5.20. The summed E-state index contributed by atoms with van der Waals surface area (Å²) < 4.78 is 22.3. The number of hydrogen-bond donors (Lipinski definition) is 0. The van der Waals surface area contributed by atoms with E-state index in [4.69, 9.17) is 18.6 Å². The Morgan fingerprint density at radius 2 is 1.90 bits per heavy atom. The number of oxazole rings is 1. The lowest BCUT2D eigenvalue weighted by Crippen LogP contribution is -2.10. The van der Waals surface area contributed by atoms with E-state index in [0.29, 0.717) is 48.2 Å². The summed E-state index contributed by atoms with van der Waals surface area (Å²) in [6, 6.07) is 12.8. The maximum absolute atomic E-state index is 12.7. The minimum absolute atomic E-state index is 0.00289. The van der Waals surface area contributed by atoms with Crippen molar-refractivity contribution in [3.05, 3.63) is 60.0 Å². The summed E-state index contributed by atoms with van der Waals surface area (Å²) in [6.45, 7) is 6.32. The van der Waals surface area contributed by atoms with E-state index < -0.39 is 0 Å². The normalized spacial score (nSPS) is 10.8. The molecule has 0 saturated carbocycles. The Hall–Kier alpha value is -3.28. The number of carbonyl (C=O) groups excluding carboxylic acids is 1. The molecule has 1 heterocycles. The van der Waals surface area contributed by atoms with E-state index in [1.165, 1.54) is 0 Å². The van der Waals surface area contributed by atoms with Gasteiger partial charge in [0.2, 0.25) is 5.89 Å². The Morgan fingerprint density at radius 1 is 1.10 bits per heavy atom. The van der Waals surface area contributed by atoms with Crippen LogP contribution < -0.4 is 14.2 Å². The average Bonchev–Trinajstić information content (AvgIpc) is 3.21. The number of ketones is 1. The van der Waals surface area contributed by atoms with E-state index in [9.17, 15) is 4.79 Å². The molecule has 0 amide bonds. The van der Waals surface area contributed by atoms with Crippen molar-refractivity contribution in [3.63, 3.8) is 0 Å². The summed E-state index contributed by atoms with van der Waals surface area (Å²) in [4.78, 5) is 17.2. The molecule has 0 aliphatic rings. The Bertz CT molecular complexity index is 993. The Morgan fingerprint density at radius 3 is 2.63 bits per heavy atom. The van der Waals surface area contributed by atoms with Crippen LogP contribution in [0.4, 0.5) is 0 Å². The minimum atomic E-state index is 0.00289. The molecule has 3 rings (SSSR count). The van der Waals surface area contributed by atoms with Crippen molar-refractivity contribution in [1.82, 2.24) is 4.98 Å². The first-order valence-corrected chi connectivity index (χ1v) is 10.1. The van der Waals surface area contributed by atoms with E-state index in [1.54, 1.807) is 19.4 Å². The van der Waals surface area contributed by atoms with Crippen LogP contribution in [0.1, 0.15) is 43.2 Å². The molecule has 0 fully saturated rings. The van der Waals surface area contributed by atoms with Gasteiger partial charge < -0.3 is 18.6 Å². The van der Waals surface area contributed by atoms with Crippen LogP contribution in [0.15, 0.2) is 53.1 Å². The van der Waals surface area contributed by atoms with Gasteiger partial charge in [0.05, 0.1) is 31.1 Å². The van der Waals surface area contributed by atoms with Gasteiger partial charge in [-0.2, -0.15) is 0 Å². The van der Waals surface area contributed by atoms with Gasteiger partial charge >= 0.3 is 0 Å². The maximum atomic E-state index is 12.7. The second-order valence-corrected chi connectivity index (χ2v) is 7.03. The van der Waals surface area contributed by atoms with Gasteiger partial charge in [0.15, 0.2) is 17.3 Å². The zero-order valence-corrected chi connectivity index (χ0v) is 17.8. The molecule has 0 saturated heterocycles. The number of benzene rings is 2. The van der Waals surface area contributed by atoms with Crippen LogP contribution in [-0.2, 0) is 6.42 Å². The highest BCUT2D eigenvalue weighted by Crippen LogP contribution is 2.32. The first-order valence-electron chi connectivity index (χ1n) is 10.1. The Balaban J connectivity index is 1.70. The van der Waals surface area contributed by atoms with E-state index >= 15 is 0 Å². The lowest BCUT2D eigenvalue weighted by Gasteiger charge is -2.13. The van der Waals surface area contributed by atoms with E-state index in [-0.39, 0.29) is 11.9 Å². The molecule has 0 spiro atoms. The predicted octanol–water partition coefficient (Wildman–Crippen LogP) is 5.35. The monoisotopic (exact) mass is 409 g/mol. The molecule has 6 heteroatoms. The van der Waals surface area contributed by atoms with E-state index in [1.807, 2.05) is 57.2 Å². The van der Waals surface area contributed by atoms with Crippen LogP contribution in [0.5, 0.6) is 17.2 Å². The number of hydrogen-bond acceptors (Lipinski definition) is 6. The van der Waals surface area contributed by atoms with Crippen LogP contribution >= 0.6 is 0 Å². The number of rotatable bonds is 10. The highest BCUT2D eigenvalue weighted by molar-refractivity contribution is 5.98. The second kappa shape index (κ2) is 9.96. The molecule has 6 nitrogen and oxygen atoms in total. The number of carbonyl (C=O) groups is 1. The Kier molecular flexibility index (Phi) is 7.12. The summed E-state index contributed by atoms with van der Waals surface area (Å²) in [5.74, 6) is 2.39. The Labute approximate surface area is 176 Å². The fraction of sp³-hybridized carbons (Fsp3) is 0.333. The highest BCUT2D eigenvalue weighted by Gasteiger charge is 2.15. The smallest absolute Gasteiger partial charge is 0.226 e. The molecule has 2 aromatic carbocycles. The molecule has 1 aromatic heterocycles. The molecular formula is C24H27NO5. The van der Waals surface area contributed by atoms with Crippen molar-refractivity contribution in [2.45, 2.75) is 39.7 Å². The lowest BCUT2D eigenvalue weighted by atomic mass is 10.0. The van der Waals surface area contributed by atoms with Gasteiger partial charge in [-0.15, -0.1) is 0 Å². The van der Waals surface area contributed by atoms with Gasteiger partial charge in [0, 0.05) is 18.4 Å². The zero-order chi connectivity index (χ0) is 21.5. The van der Waals surface area contributed by atoms with Crippen molar-refractivity contribution in [2.24, 2.45) is 0 Å². The van der Waals surface area contributed by atoms with Crippen LogP contribution in [-0.4, -0.2) is 30.6 Å². The number of methoxy groups -OCH3 is 1. The van der Waals surface area contributed by atoms with Gasteiger partial charge in [-0.3, -0.25) is 4.79 Å². The van der Waals surface area contributed by atoms with Gasteiger partial charge in [-0.05, 0) is 51.1 Å². The molecule has 3 aromatic rings. The molecule has 30 heavy (non-hydrogen) atoms. The summed E-state index contributed by atoms with van der Waals surface area (Å²) in [5.41, 5.74) is 2.09. The largest absolute Gasteiger partial charge is 0.493 e. The van der Waals surface area contributed by atoms with E-state index in [2.05, 4.69) is 4.98 Å². The quantitative estimate of drug-likeness (QED) is 0.420. The molecular weight excluding hydrogens is 382 g/mol. The number of nitrogens with zero attached hydrogens (tertiary/aromatic N) is 1. The minimum Gasteiger partial charge on any atom is -0.493 e. The van der Waals surface area contributed by atoms with Crippen LogP contribution in [0.25, 0.3) is 11.5 Å². The summed E-state index contributed by atoms with van der Waals surface area (Å²) in [6.07, 6.45) is 2.39. The molecule has 0 atom stereocenters. The van der Waals surface area contributed by atoms with Crippen LogP contribution in [0.2, 0.25) is 0 Å². The molecule has 0 radical (unpaired) electrons. The first kappa shape index (κ1) is 21.4. The van der Waals surface area contributed by atoms with Crippen LogP contribution in [0.3, 0.4) is 0 Å². The summed E-state index contributed by atoms with van der Waals surface area (Å²) in [5, 5.41) is 0. The fourth-order valence-electron chi connectivity index (χ4n) is 3.06. The summed E-state index contributed by atoms with van der Waals surface area (Å²) >= 11 is 0. The van der Waals surface area contributed by atoms with Crippen LogP contribution in [0, 0.1) is 0 Å². The third-order valence-corrected chi connectivity index (χ3v) is 4.42. The van der Waals surface area contributed by atoms with Crippen molar-refractivity contribution in [1.29, 1.82) is 0 Å². The molecule has 0 aliphatic carbocycles. The van der Waals surface area contributed by atoms with Gasteiger partial charge in [-0.25, -0.2) is 4.98 Å². The standard InChI is InChI=1S/C24H27NO5/c1-5-28-23-14-17(10-13-22(23)27-4)24-25-18(15-29-24)11-12-20(26)19-8-6-7-9-21(19)30-16(2)3/h6-10,13-16H,5,11-12H2,1-4H3. The lowest BCUT2D eigenvalue weighted by molar-refractivity contribution is 0.0976. The van der Waals surface area contributed by atoms with Crippen molar-refractivity contribution in [3.8, 4) is 28.7 Å². The molecule has 0 bridgehead atoms. The number of ether oxygens (including phenoxy) is 3. The first-order chi connectivity index (χ1) is 14.5. The van der Waals surface area contributed by atoms with Crippen molar-refractivity contribution >= 4 is 5.78 Å². The zero-order valence-electron chi connectivity index (χ0n) is 17.8. The number of aryl methyl sites for hydroxylation is 1. The molecule has 0 aliphatic heterocycles. The van der Waals surface area contributed by atoms with Gasteiger partial charge in [0.25, 0.3) is 0 Å². The second-order valence-electron chi connectivity index (χ2n) is 7.03. The molecule has 158 valence electrons. The topological polar surface area (TPSA) is 70.8 Å². The average molecular weight is 409 g/mol. The third-order valence-electron chi connectivity index (χ3n) is 4.42. The number of Topliss-reactive ketones (excluding diaryl/α,β-unsaturated/α-hetero) is 1. The predicted molar refractivity (Wildman–Crippen MR) is 115 cm³/mol. The summed E-state index contributed by atoms with van der Waals surface area (Å²) in [7, 11) is 1.60. The van der Waals surface area contributed by atoms with E-state index in [0.717, 1.165) is 11.3 Å². The van der Waals surface area contributed by atoms with Gasteiger partial charge in [-0.1, -0.05) is 12.1 Å². The molecule has 0 unspecified atom stereocenters. The molecule has 0 N–H and O–H groups in total. The maximum Gasteiger partial charge on any atom is 0.226 e. The highest BCUT2D eigenvalue weighted by atomic mass is 16.5. The number of aromatic nitrogens is 1. The van der Waals surface area contributed by atoms with Gasteiger partial charge in [0.1, 0.15) is 12.0 Å². The SMILES string of the molecule is CCOc1cc(-c2nc(CCC(=O)c3ccccc3OC(C)C)co2)ccc1OC.